The van der Waals surface area contributed by atoms with Gasteiger partial charge in [0.25, 0.3) is 0 Å². The van der Waals surface area contributed by atoms with Crippen LogP contribution in [0.5, 0.6) is 0 Å². The van der Waals surface area contributed by atoms with E-state index in [0.717, 1.165) is 67.0 Å². The van der Waals surface area contributed by atoms with Crippen LogP contribution in [0.2, 0.25) is 0 Å². The first kappa shape index (κ1) is 27.2. The number of sulfonamides is 1. The summed E-state index contributed by atoms with van der Waals surface area (Å²) in [4.78, 5) is 23.4. The van der Waals surface area contributed by atoms with E-state index in [4.69, 9.17) is 9.72 Å². The van der Waals surface area contributed by atoms with E-state index in [1.54, 1.807) is 29.2 Å². The summed E-state index contributed by atoms with van der Waals surface area (Å²) in [6, 6.07) is 12.3. The lowest BCUT2D eigenvalue weighted by Gasteiger charge is -2.30. The van der Waals surface area contributed by atoms with Gasteiger partial charge in [0.2, 0.25) is 15.9 Å². The molecule has 3 heterocycles. The molecule has 204 valence electrons. The number of benzene rings is 2. The van der Waals surface area contributed by atoms with Gasteiger partial charge in [-0.1, -0.05) is 48.1 Å². The van der Waals surface area contributed by atoms with Crippen LogP contribution in [0.3, 0.4) is 0 Å². The van der Waals surface area contributed by atoms with E-state index >= 15 is 0 Å². The molecule has 0 bridgehead atoms. The molecular weight excluding hydrogens is 520 g/mol. The quantitative estimate of drug-likeness (QED) is 0.395. The number of anilines is 1. The molecule has 2 fully saturated rings. The Morgan fingerprint density at radius 1 is 1.13 bits per heavy atom. The summed E-state index contributed by atoms with van der Waals surface area (Å²) >= 11 is 1.51. The second-order valence-electron chi connectivity index (χ2n) is 10.00. The molecule has 8 nitrogen and oxygen atoms in total. The smallest absolute Gasteiger partial charge is 0.247 e. The number of ether oxygens (including phenoxy) is 1. The molecule has 0 aliphatic carbocycles. The maximum absolute atomic E-state index is 14.2. The van der Waals surface area contributed by atoms with Gasteiger partial charge in [-0.3, -0.25) is 14.6 Å². The summed E-state index contributed by atoms with van der Waals surface area (Å²) in [6.45, 7) is 8.96. The van der Waals surface area contributed by atoms with Gasteiger partial charge in [0.15, 0.2) is 5.13 Å². The average Bonchev–Trinajstić information content (AvgIpc) is 3.60. The Morgan fingerprint density at radius 3 is 2.63 bits per heavy atom. The maximum Gasteiger partial charge on any atom is 0.247 e. The van der Waals surface area contributed by atoms with E-state index < -0.39 is 16.1 Å². The highest BCUT2D eigenvalue weighted by Crippen LogP contribution is 2.34. The zero-order valence-electron chi connectivity index (χ0n) is 22.1. The van der Waals surface area contributed by atoms with Crippen molar-refractivity contribution in [3.8, 4) is 0 Å². The normalized spacial score (nSPS) is 19.3. The predicted octanol–water partition coefficient (Wildman–Crippen LogP) is 4.08. The molecule has 1 unspecified atom stereocenters. The number of para-hydroxylation sites is 1. The highest BCUT2D eigenvalue weighted by Gasteiger charge is 2.42. The second kappa shape index (κ2) is 11.8. The van der Waals surface area contributed by atoms with E-state index in [-0.39, 0.29) is 10.8 Å². The summed E-state index contributed by atoms with van der Waals surface area (Å²) in [7, 11) is -3.79. The fourth-order valence-electron chi connectivity index (χ4n) is 5.27. The fourth-order valence-corrected chi connectivity index (χ4v) is 7.97. The van der Waals surface area contributed by atoms with Crippen molar-refractivity contribution in [2.75, 3.05) is 50.8 Å². The van der Waals surface area contributed by atoms with Crippen LogP contribution in [0.15, 0.2) is 47.4 Å². The van der Waals surface area contributed by atoms with Gasteiger partial charge in [-0.05, 0) is 56.4 Å². The van der Waals surface area contributed by atoms with Crippen LogP contribution >= 0.6 is 11.3 Å². The van der Waals surface area contributed by atoms with E-state index in [2.05, 4.69) is 17.9 Å². The molecule has 2 saturated heterocycles. The van der Waals surface area contributed by atoms with E-state index in [1.807, 2.05) is 19.1 Å². The minimum Gasteiger partial charge on any atom is -0.379 e. The van der Waals surface area contributed by atoms with Crippen molar-refractivity contribution >= 4 is 42.6 Å². The number of aromatic nitrogens is 1. The third-order valence-corrected chi connectivity index (χ3v) is 10.4. The van der Waals surface area contributed by atoms with Crippen LogP contribution in [0.25, 0.3) is 10.2 Å². The van der Waals surface area contributed by atoms with Crippen LogP contribution < -0.4 is 4.90 Å². The van der Waals surface area contributed by atoms with Crippen molar-refractivity contribution in [3.05, 3.63) is 53.6 Å². The minimum atomic E-state index is -3.79. The first-order valence-corrected chi connectivity index (χ1v) is 15.7. The summed E-state index contributed by atoms with van der Waals surface area (Å²) in [5, 5.41) is 0.646. The van der Waals surface area contributed by atoms with E-state index in [0.29, 0.717) is 31.1 Å². The van der Waals surface area contributed by atoms with Gasteiger partial charge >= 0.3 is 0 Å². The number of thiazole rings is 1. The van der Waals surface area contributed by atoms with Crippen LogP contribution in [-0.4, -0.2) is 80.5 Å². The molecule has 2 aliphatic heterocycles. The lowest BCUT2D eigenvalue weighted by Crippen LogP contribution is -2.48. The van der Waals surface area contributed by atoms with Gasteiger partial charge in [-0.25, -0.2) is 13.4 Å². The van der Waals surface area contributed by atoms with Crippen molar-refractivity contribution in [3.63, 3.8) is 0 Å². The Labute approximate surface area is 229 Å². The molecular formula is C28H36N4O4S2. The molecule has 5 rings (SSSR count). The third-order valence-electron chi connectivity index (χ3n) is 7.45. The molecule has 2 aromatic carbocycles. The van der Waals surface area contributed by atoms with Gasteiger partial charge < -0.3 is 4.74 Å². The van der Waals surface area contributed by atoms with Gasteiger partial charge in [0.1, 0.15) is 6.04 Å². The maximum atomic E-state index is 14.2. The number of aryl methyl sites for hydroxylation is 2. The summed E-state index contributed by atoms with van der Waals surface area (Å²) < 4.78 is 35.1. The SMILES string of the molecule is CCc1cccc2sc(N(CCCN3CCOCC3)C(=O)C3CCCN3S(=O)(=O)c3ccc(C)cc3)nc12. The molecule has 0 N–H and O–H groups in total. The standard InChI is InChI=1S/C28H36N4O4S2/c1-3-22-7-4-9-25-26(22)29-28(37-25)31(15-6-14-30-17-19-36-20-18-30)27(33)24-8-5-16-32(24)38(34,35)23-12-10-21(2)11-13-23/h4,7,9-13,24H,3,5-6,8,14-20H2,1-2H3. The Hall–Kier alpha value is -2.37. The fraction of sp³-hybridized carbons (Fsp3) is 0.500. The number of amides is 1. The van der Waals surface area contributed by atoms with Crippen molar-refractivity contribution in [2.45, 2.75) is 50.5 Å². The van der Waals surface area contributed by atoms with Crippen molar-refractivity contribution < 1.29 is 17.9 Å². The monoisotopic (exact) mass is 556 g/mol. The molecule has 1 aromatic heterocycles. The zero-order chi connectivity index (χ0) is 26.7. The van der Waals surface area contributed by atoms with Crippen LogP contribution in [0, 0.1) is 6.92 Å². The second-order valence-corrected chi connectivity index (χ2v) is 12.9. The summed E-state index contributed by atoms with van der Waals surface area (Å²) in [6.07, 6.45) is 2.80. The number of morpholine rings is 1. The van der Waals surface area contributed by atoms with Gasteiger partial charge in [0, 0.05) is 32.7 Å². The molecule has 1 atom stereocenters. The lowest BCUT2D eigenvalue weighted by molar-refractivity contribution is -0.121. The molecule has 0 radical (unpaired) electrons. The van der Waals surface area contributed by atoms with E-state index in [9.17, 15) is 13.2 Å². The molecule has 3 aromatic rings. The van der Waals surface area contributed by atoms with Crippen molar-refractivity contribution in [1.29, 1.82) is 0 Å². The number of fused-ring (bicyclic) bond motifs is 1. The Kier molecular flexibility index (Phi) is 8.44. The topological polar surface area (TPSA) is 83.0 Å². The van der Waals surface area contributed by atoms with Crippen LogP contribution in [-0.2, 0) is 26.0 Å². The summed E-state index contributed by atoms with van der Waals surface area (Å²) in [5.41, 5.74) is 3.07. The number of hydrogen-bond donors (Lipinski definition) is 0. The Morgan fingerprint density at radius 2 is 1.89 bits per heavy atom. The molecule has 10 heteroatoms. The zero-order valence-corrected chi connectivity index (χ0v) is 23.8. The first-order chi connectivity index (χ1) is 18.4. The number of nitrogens with zero attached hydrogens (tertiary/aromatic N) is 4. The average molecular weight is 557 g/mol. The van der Waals surface area contributed by atoms with Gasteiger partial charge in [-0.2, -0.15) is 4.31 Å². The number of rotatable bonds is 9. The lowest BCUT2D eigenvalue weighted by atomic mass is 10.1. The third kappa shape index (κ3) is 5.65. The number of carbonyl (C=O) groups excluding carboxylic acids is 1. The highest BCUT2D eigenvalue weighted by atomic mass is 32.2. The molecule has 0 spiro atoms. The van der Waals surface area contributed by atoms with Crippen molar-refractivity contribution in [2.24, 2.45) is 0 Å². The summed E-state index contributed by atoms with van der Waals surface area (Å²) in [5.74, 6) is -0.183. The van der Waals surface area contributed by atoms with Gasteiger partial charge in [-0.15, -0.1) is 0 Å². The largest absolute Gasteiger partial charge is 0.379 e. The van der Waals surface area contributed by atoms with Crippen molar-refractivity contribution in [1.82, 2.24) is 14.2 Å². The molecule has 0 saturated carbocycles. The Balaban J connectivity index is 1.43. The first-order valence-electron chi connectivity index (χ1n) is 13.5. The van der Waals surface area contributed by atoms with Crippen LogP contribution in [0.4, 0.5) is 5.13 Å². The number of carbonyl (C=O) groups is 1. The highest BCUT2D eigenvalue weighted by molar-refractivity contribution is 7.89. The van der Waals surface area contributed by atoms with E-state index in [1.165, 1.54) is 15.6 Å². The van der Waals surface area contributed by atoms with Crippen LogP contribution in [0.1, 0.15) is 37.3 Å². The predicted molar refractivity (Wildman–Crippen MR) is 151 cm³/mol. The molecule has 1 amide bonds. The minimum absolute atomic E-state index is 0.183. The molecule has 38 heavy (non-hydrogen) atoms. The Bertz CT molecular complexity index is 1370. The van der Waals surface area contributed by atoms with Gasteiger partial charge in [0.05, 0.1) is 28.3 Å². The number of hydrogen-bond acceptors (Lipinski definition) is 7. The molecule has 2 aliphatic rings.